The first kappa shape index (κ1) is 17.0. The van der Waals surface area contributed by atoms with Crippen molar-refractivity contribution >= 4 is 12.0 Å². The minimum absolute atomic E-state index is 0.353. The molecule has 3 rings (SSSR count). The highest BCUT2D eigenvalue weighted by Crippen LogP contribution is 2.16. The molecule has 2 aromatic rings. The first-order valence-corrected chi connectivity index (χ1v) is 8.31. The topological polar surface area (TPSA) is 77.5 Å². The molecule has 2 heterocycles. The van der Waals surface area contributed by atoms with Crippen LogP contribution >= 0.6 is 0 Å². The van der Waals surface area contributed by atoms with Gasteiger partial charge in [0.2, 0.25) is 0 Å². The van der Waals surface area contributed by atoms with Gasteiger partial charge in [0.25, 0.3) is 5.91 Å². The van der Waals surface area contributed by atoms with Gasteiger partial charge in [0.15, 0.2) is 6.10 Å². The van der Waals surface area contributed by atoms with Crippen molar-refractivity contribution in [2.24, 2.45) is 0 Å². The van der Waals surface area contributed by atoms with Crippen LogP contribution in [0.5, 0.6) is 5.75 Å². The third-order valence-electron chi connectivity index (χ3n) is 4.03. The van der Waals surface area contributed by atoms with Gasteiger partial charge in [-0.2, -0.15) is 0 Å². The molecule has 1 aromatic heterocycles. The molecule has 0 spiro atoms. The molecule has 0 aliphatic carbocycles. The lowest BCUT2D eigenvalue weighted by Gasteiger charge is -2.09. The average molecular weight is 340 g/mol. The third kappa shape index (κ3) is 4.56. The number of nitrogens with zero attached hydrogens (tertiary/aromatic N) is 1. The van der Waals surface area contributed by atoms with E-state index in [2.05, 4.69) is 23.3 Å². The van der Waals surface area contributed by atoms with Crippen LogP contribution in [0.15, 0.2) is 42.6 Å². The van der Waals surface area contributed by atoms with E-state index in [1.54, 1.807) is 0 Å². The second-order valence-corrected chi connectivity index (χ2v) is 5.84. The summed E-state index contributed by atoms with van der Waals surface area (Å²) < 4.78 is 10.6. The fourth-order valence-electron chi connectivity index (χ4n) is 2.62. The lowest BCUT2D eigenvalue weighted by molar-refractivity contribution is -0.123. The third-order valence-corrected chi connectivity index (χ3v) is 4.03. The molecule has 6 heteroatoms. The van der Waals surface area contributed by atoms with Crippen LogP contribution in [0.25, 0.3) is 0 Å². The van der Waals surface area contributed by atoms with E-state index in [4.69, 9.17) is 9.47 Å². The number of imide groups is 1. The van der Waals surface area contributed by atoms with Crippen LogP contribution in [0, 0.1) is 0 Å². The van der Waals surface area contributed by atoms with E-state index in [-0.39, 0.29) is 0 Å². The fraction of sp³-hybridized carbons (Fsp3) is 0.316. The van der Waals surface area contributed by atoms with Crippen LogP contribution in [0.3, 0.4) is 0 Å². The largest absolute Gasteiger partial charge is 0.493 e. The molecule has 1 aliphatic rings. The quantitative estimate of drug-likeness (QED) is 0.838. The van der Waals surface area contributed by atoms with Crippen molar-refractivity contribution in [3.05, 3.63) is 59.4 Å². The van der Waals surface area contributed by atoms with Crippen LogP contribution < -0.4 is 10.1 Å². The summed E-state index contributed by atoms with van der Waals surface area (Å²) in [5, 5.41) is 2.12. The maximum Gasteiger partial charge on any atom is 0.414 e. The van der Waals surface area contributed by atoms with E-state index >= 15 is 0 Å². The van der Waals surface area contributed by atoms with Gasteiger partial charge < -0.3 is 9.47 Å². The number of carbonyl (C=O) groups excluding carboxylic acids is 2. The number of carbonyl (C=O) groups is 2. The number of hydrogen-bond donors (Lipinski definition) is 1. The van der Waals surface area contributed by atoms with E-state index < -0.39 is 18.1 Å². The van der Waals surface area contributed by atoms with Crippen molar-refractivity contribution in [3.63, 3.8) is 0 Å². The van der Waals surface area contributed by atoms with E-state index in [9.17, 15) is 9.59 Å². The van der Waals surface area contributed by atoms with Crippen molar-refractivity contribution in [3.8, 4) is 5.75 Å². The minimum Gasteiger partial charge on any atom is -0.493 e. The number of benzene rings is 1. The van der Waals surface area contributed by atoms with Gasteiger partial charge >= 0.3 is 6.09 Å². The Labute approximate surface area is 146 Å². The number of alkyl carbamates (subject to hydrolysis) is 1. The Morgan fingerprint density at radius 2 is 1.96 bits per heavy atom. The van der Waals surface area contributed by atoms with E-state index in [1.807, 2.05) is 36.5 Å². The van der Waals surface area contributed by atoms with E-state index in [1.165, 1.54) is 5.56 Å². The zero-order chi connectivity index (χ0) is 17.6. The Morgan fingerprint density at radius 1 is 1.16 bits per heavy atom. The van der Waals surface area contributed by atoms with Crippen LogP contribution in [0.2, 0.25) is 0 Å². The Hall–Kier alpha value is -2.89. The smallest absolute Gasteiger partial charge is 0.414 e. The van der Waals surface area contributed by atoms with Crippen LogP contribution in [-0.2, 0) is 28.8 Å². The molecule has 1 fully saturated rings. The molecule has 1 N–H and O–H groups in total. The Kier molecular flexibility index (Phi) is 5.28. The van der Waals surface area contributed by atoms with E-state index in [0.29, 0.717) is 13.0 Å². The number of nitrogens with one attached hydrogen (secondary N) is 1. The molecule has 1 aliphatic heterocycles. The normalized spacial score (nSPS) is 16.4. The molecule has 1 atom stereocenters. The van der Waals surface area contributed by atoms with Crippen LogP contribution in [0.1, 0.15) is 23.7 Å². The maximum absolute atomic E-state index is 11.5. The summed E-state index contributed by atoms with van der Waals surface area (Å²) >= 11 is 0. The number of amides is 2. The molecule has 25 heavy (non-hydrogen) atoms. The van der Waals surface area contributed by atoms with Crippen molar-refractivity contribution in [1.82, 2.24) is 10.3 Å². The lowest BCUT2D eigenvalue weighted by Crippen LogP contribution is -2.25. The predicted octanol–water partition coefficient (Wildman–Crippen LogP) is 2.44. The molecule has 0 saturated carbocycles. The molecular formula is C19H20N2O4. The summed E-state index contributed by atoms with van der Waals surface area (Å²) in [6, 6.07) is 11.5. The Balaban J connectivity index is 1.49. The molecular weight excluding hydrogens is 320 g/mol. The Bertz CT molecular complexity index is 758. The maximum atomic E-state index is 11.5. The first-order valence-electron chi connectivity index (χ1n) is 8.31. The monoisotopic (exact) mass is 340 g/mol. The number of hydrogen-bond acceptors (Lipinski definition) is 5. The molecule has 2 amide bonds. The first-order chi connectivity index (χ1) is 12.1. The highest BCUT2D eigenvalue weighted by molar-refractivity contribution is 6.00. The molecule has 1 saturated heterocycles. The van der Waals surface area contributed by atoms with Crippen molar-refractivity contribution in [2.45, 2.75) is 32.3 Å². The summed E-state index contributed by atoms with van der Waals surface area (Å²) in [7, 11) is 0. The minimum atomic E-state index is -0.754. The second kappa shape index (κ2) is 7.79. The van der Waals surface area contributed by atoms with E-state index in [0.717, 1.165) is 29.8 Å². The van der Waals surface area contributed by atoms with Crippen molar-refractivity contribution in [2.75, 3.05) is 6.61 Å². The molecule has 130 valence electrons. The molecule has 0 bridgehead atoms. The summed E-state index contributed by atoms with van der Waals surface area (Å²) in [5.74, 6) is 0.357. The summed E-state index contributed by atoms with van der Waals surface area (Å²) in [5.41, 5.74) is 3.19. The standard InChI is InChI=1S/C19H20N2O4/c1-2-13-7-9-20-15(11-13)8-10-24-16-5-3-14(4-6-16)12-17-18(22)21-19(23)25-17/h3-7,9,11,17H,2,8,10,12H2,1H3,(H,21,22,23). The van der Waals surface area contributed by atoms with Gasteiger partial charge in [-0.3, -0.25) is 15.1 Å². The molecule has 1 unspecified atom stereocenters. The van der Waals surface area contributed by atoms with Gasteiger partial charge in [-0.1, -0.05) is 19.1 Å². The van der Waals surface area contributed by atoms with Crippen molar-refractivity contribution < 1.29 is 19.1 Å². The second-order valence-electron chi connectivity index (χ2n) is 5.84. The molecule has 0 radical (unpaired) electrons. The van der Waals surface area contributed by atoms with Gasteiger partial charge in [0.05, 0.1) is 6.61 Å². The van der Waals surface area contributed by atoms with Gasteiger partial charge in [-0.25, -0.2) is 4.79 Å². The SMILES string of the molecule is CCc1ccnc(CCOc2ccc(CC3OC(=O)NC3=O)cc2)c1. The predicted molar refractivity (Wildman–Crippen MR) is 91.4 cm³/mol. The zero-order valence-electron chi connectivity index (χ0n) is 14.0. The zero-order valence-corrected chi connectivity index (χ0v) is 14.0. The highest BCUT2D eigenvalue weighted by Gasteiger charge is 2.31. The van der Waals surface area contributed by atoms with Gasteiger partial charge in [0, 0.05) is 24.7 Å². The van der Waals surface area contributed by atoms with Crippen LogP contribution in [-0.4, -0.2) is 29.7 Å². The molecule has 6 nitrogen and oxygen atoms in total. The summed E-state index contributed by atoms with van der Waals surface area (Å²) in [4.78, 5) is 26.8. The van der Waals surface area contributed by atoms with Crippen molar-refractivity contribution in [1.29, 1.82) is 0 Å². The number of rotatable bonds is 7. The lowest BCUT2D eigenvalue weighted by atomic mass is 10.1. The van der Waals surface area contributed by atoms with Gasteiger partial charge in [0.1, 0.15) is 5.75 Å². The number of ether oxygens (including phenoxy) is 2. The number of pyridine rings is 1. The Morgan fingerprint density at radius 3 is 2.64 bits per heavy atom. The summed E-state index contributed by atoms with van der Waals surface area (Å²) in [6.45, 7) is 2.66. The summed E-state index contributed by atoms with van der Waals surface area (Å²) in [6.07, 6.45) is 2.48. The van der Waals surface area contributed by atoms with Crippen LogP contribution in [0.4, 0.5) is 4.79 Å². The fourth-order valence-corrected chi connectivity index (χ4v) is 2.62. The van der Waals surface area contributed by atoms with Gasteiger partial charge in [-0.05, 0) is 41.8 Å². The number of aromatic nitrogens is 1. The average Bonchev–Trinajstić information content (AvgIpc) is 2.94. The highest BCUT2D eigenvalue weighted by atomic mass is 16.6. The number of aryl methyl sites for hydroxylation is 1. The van der Waals surface area contributed by atoms with Gasteiger partial charge in [-0.15, -0.1) is 0 Å². The number of cyclic esters (lactones) is 1. The molecule has 1 aromatic carbocycles.